The molecule has 2 aromatic rings. The van der Waals surface area contributed by atoms with Crippen molar-refractivity contribution in [2.24, 2.45) is 4.99 Å². The molecule has 0 aliphatic rings. The van der Waals surface area contributed by atoms with Crippen molar-refractivity contribution in [1.29, 1.82) is 0 Å². The Bertz CT molecular complexity index is 580. The van der Waals surface area contributed by atoms with Crippen LogP contribution in [-0.4, -0.2) is 6.21 Å². The van der Waals surface area contributed by atoms with Crippen LogP contribution in [0.2, 0.25) is 0 Å². The third-order valence-electron chi connectivity index (χ3n) is 2.50. The van der Waals surface area contributed by atoms with Gasteiger partial charge in [0.05, 0.1) is 6.54 Å². The molecule has 2 N–H and O–H groups in total. The number of halogens is 2. The monoisotopic (exact) mass is 246 g/mol. The van der Waals surface area contributed by atoms with Crippen LogP contribution in [0.5, 0.6) is 0 Å². The zero-order valence-electron chi connectivity index (χ0n) is 9.61. The molecule has 0 bridgehead atoms. The van der Waals surface area contributed by atoms with E-state index >= 15 is 0 Å². The van der Waals surface area contributed by atoms with Gasteiger partial charge >= 0.3 is 0 Å². The SMILES string of the molecule is Nc1ccccc1C=NCc1cc(F)ccc1F. The molecule has 0 atom stereocenters. The van der Waals surface area contributed by atoms with Crippen LogP contribution in [0.25, 0.3) is 0 Å². The quantitative estimate of drug-likeness (QED) is 0.655. The second-order valence-electron chi connectivity index (χ2n) is 3.83. The van der Waals surface area contributed by atoms with Crippen LogP contribution in [0.1, 0.15) is 11.1 Å². The van der Waals surface area contributed by atoms with Crippen LogP contribution in [0, 0.1) is 11.6 Å². The van der Waals surface area contributed by atoms with E-state index < -0.39 is 11.6 Å². The highest BCUT2D eigenvalue weighted by Gasteiger charge is 2.02. The standard InChI is InChI=1S/C14H12F2N2/c15-12-5-6-13(16)11(7-12)9-18-8-10-3-1-2-4-14(10)17/h1-8H,9,17H2. The normalized spacial score (nSPS) is 11.0. The van der Waals surface area contributed by atoms with Gasteiger partial charge in [-0.1, -0.05) is 18.2 Å². The molecule has 92 valence electrons. The smallest absolute Gasteiger partial charge is 0.128 e. The van der Waals surface area contributed by atoms with Crippen LogP contribution in [-0.2, 0) is 6.54 Å². The summed E-state index contributed by atoms with van der Waals surface area (Å²) in [5.74, 6) is -0.935. The van der Waals surface area contributed by atoms with E-state index in [1.807, 2.05) is 12.1 Å². The Hall–Kier alpha value is -2.23. The summed E-state index contributed by atoms with van der Waals surface area (Å²) in [6.07, 6.45) is 1.56. The lowest BCUT2D eigenvalue weighted by molar-refractivity contribution is 0.586. The minimum absolute atomic E-state index is 0.0813. The summed E-state index contributed by atoms with van der Waals surface area (Å²) in [5.41, 5.74) is 7.31. The molecule has 2 rings (SSSR count). The molecule has 2 nitrogen and oxygen atoms in total. The molecule has 0 heterocycles. The largest absolute Gasteiger partial charge is 0.398 e. The molecule has 2 aromatic carbocycles. The highest BCUT2D eigenvalue weighted by Crippen LogP contribution is 2.12. The molecule has 0 aliphatic carbocycles. The van der Waals surface area contributed by atoms with E-state index in [2.05, 4.69) is 4.99 Å². The molecule has 0 saturated carbocycles. The first kappa shape index (κ1) is 12.2. The molecule has 18 heavy (non-hydrogen) atoms. The van der Waals surface area contributed by atoms with Crippen molar-refractivity contribution < 1.29 is 8.78 Å². The van der Waals surface area contributed by atoms with Crippen LogP contribution < -0.4 is 5.73 Å². The van der Waals surface area contributed by atoms with Gasteiger partial charge in [-0.15, -0.1) is 0 Å². The lowest BCUT2D eigenvalue weighted by atomic mass is 10.2. The average Bonchev–Trinajstić information content (AvgIpc) is 2.36. The van der Waals surface area contributed by atoms with Crippen LogP contribution in [0.3, 0.4) is 0 Å². The molecule has 0 fully saturated rings. The fourth-order valence-electron chi connectivity index (χ4n) is 1.54. The van der Waals surface area contributed by atoms with Gasteiger partial charge in [0.1, 0.15) is 11.6 Å². The van der Waals surface area contributed by atoms with E-state index in [-0.39, 0.29) is 12.1 Å². The van der Waals surface area contributed by atoms with E-state index in [9.17, 15) is 8.78 Å². The third-order valence-corrected chi connectivity index (χ3v) is 2.50. The van der Waals surface area contributed by atoms with Gasteiger partial charge in [0.15, 0.2) is 0 Å². The van der Waals surface area contributed by atoms with Gasteiger partial charge in [0, 0.05) is 23.0 Å². The summed E-state index contributed by atoms with van der Waals surface area (Å²) < 4.78 is 26.2. The van der Waals surface area contributed by atoms with Gasteiger partial charge in [-0.3, -0.25) is 4.99 Å². The second-order valence-corrected chi connectivity index (χ2v) is 3.83. The number of para-hydroxylation sites is 1. The van der Waals surface area contributed by atoms with Crippen LogP contribution >= 0.6 is 0 Å². The van der Waals surface area contributed by atoms with Crippen molar-refractivity contribution in [3.63, 3.8) is 0 Å². The van der Waals surface area contributed by atoms with Gasteiger partial charge in [-0.2, -0.15) is 0 Å². The highest BCUT2D eigenvalue weighted by atomic mass is 19.1. The van der Waals surface area contributed by atoms with Crippen LogP contribution in [0.4, 0.5) is 14.5 Å². The zero-order valence-corrected chi connectivity index (χ0v) is 9.61. The maximum atomic E-state index is 13.3. The summed E-state index contributed by atoms with van der Waals surface area (Å²) in [7, 11) is 0. The number of hydrogen-bond acceptors (Lipinski definition) is 2. The van der Waals surface area contributed by atoms with Gasteiger partial charge < -0.3 is 5.73 Å². The summed E-state index contributed by atoms with van der Waals surface area (Å²) in [4.78, 5) is 4.06. The van der Waals surface area contributed by atoms with Gasteiger partial charge in [0.2, 0.25) is 0 Å². The number of benzene rings is 2. The molecule has 0 spiro atoms. The second kappa shape index (κ2) is 5.40. The Labute approximate surface area is 104 Å². The van der Waals surface area contributed by atoms with Crippen molar-refractivity contribution in [3.05, 3.63) is 65.2 Å². The van der Waals surface area contributed by atoms with Crippen molar-refractivity contribution >= 4 is 11.9 Å². The molecule has 0 radical (unpaired) electrons. The fourth-order valence-corrected chi connectivity index (χ4v) is 1.54. The Kier molecular flexibility index (Phi) is 3.67. The molecule has 0 amide bonds. The number of hydrogen-bond donors (Lipinski definition) is 1. The molecular weight excluding hydrogens is 234 g/mol. The van der Waals surface area contributed by atoms with Gasteiger partial charge in [-0.05, 0) is 24.3 Å². The Morgan fingerprint density at radius 3 is 2.67 bits per heavy atom. The fraction of sp³-hybridized carbons (Fsp3) is 0.0714. The van der Waals surface area contributed by atoms with Gasteiger partial charge in [0.25, 0.3) is 0 Å². The first-order valence-corrected chi connectivity index (χ1v) is 5.45. The molecule has 0 saturated heterocycles. The molecule has 0 aromatic heterocycles. The topological polar surface area (TPSA) is 38.4 Å². The summed E-state index contributed by atoms with van der Waals surface area (Å²) in [6, 6.07) is 10.5. The third kappa shape index (κ3) is 2.91. The number of nitrogen functional groups attached to an aromatic ring is 1. The average molecular weight is 246 g/mol. The molecular formula is C14H12F2N2. The maximum absolute atomic E-state index is 13.3. The van der Waals surface area contributed by atoms with Crippen molar-refractivity contribution in [3.8, 4) is 0 Å². The Morgan fingerprint density at radius 2 is 1.89 bits per heavy atom. The van der Waals surface area contributed by atoms with E-state index in [4.69, 9.17) is 5.73 Å². The van der Waals surface area contributed by atoms with E-state index in [1.54, 1.807) is 18.3 Å². The molecule has 0 aliphatic heterocycles. The lowest BCUT2D eigenvalue weighted by Gasteiger charge is -2.00. The summed E-state index contributed by atoms with van der Waals surface area (Å²) in [6.45, 7) is 0.0813. The molecule has 0 unspecified atom stereocenters. The van der Waals surface area contributed by atoms with E-state index in [1.165, 1.54) is 0 Å². The predicted octanol–water partition coefficient (Wildman–Crippen LogP) is 3.17. The van der Waals surface area contributed by atoms with Crippen molar-refractivity contribution in [1.82, 2.24) is 0 Å². The number of rotatable bonds is 3. The number of anilines is 1. The Morgan fingerprint density at radius 1 is 1.11 bits per heavy atom. The van der Waals surface area contributed by atoms with E-state index in [0.717, 1.165) is 23.8 Å². The highest BCUT2D eigenvalue weighted by molar-refractivity contribution is 5.86. The first-order valence-electron chi connectivity index (χ1n) is 5.45. The first-order chi connectivity index (χ1) is 8.66. The number of nitrogens with two attached hydrogens (primary N) is 1. The van der Waals surface area contributed by atoms with Gasteiger partial charge in [-0.25, -0.2) is 8.78 Å². The lowest BCUT2D eigenvalue weighted by Crippen LogP contribution is -1.94. The minimum Gasteiger partial charge on any atom is -0.398 e. The van der Waals surface area contributed by atoms with Crippen molar-refractivity contribution in [2.45, 2.75) is 6.54 Å². The Balaban J connectivity index is 2.12. The zero-order chi connectivity index (χ0) is 13.0. The summed E-state index contributed by atoms with van der Waals surface area (Å²) in [5, 5.41) is 0. The van der Waals surface area contributed by atoms with Crippen molar-refractivity contribution in [2.75, 3.05) is 5.73 Å². The van der Waals surface area contributed by atoms with Crippen LogP contribution in [0.15, 0.2) is 47.5 Å². The van der Waals surface area contributed by atoms with E-state index in [0.29, 0.717) is 5.69 Å². The summed E-state index contributed by atoms with van der Waals surface area (Å²) >= 11 is 0. The predicted molar refractivity (Wildman–Crippen MR) is 68.5 cm³/mol. The number of nitrogens with zero attached hydrogens (tertiary/aromatic N) is 1. The maximum Gasteiger partial charge on any atom is 0.128 e. The minimum atomic E-state index is -0.471. The number of aliphatic imine (C=N–C) groups is 1. The molecule has 4 heteroatoms.